The number of anilines is 1. The fourth-order valence-electron chi connectivity index (χ4n) is 12.8. The number of amides is 1. The monoisotopic (exact) mass is 629 g/mol. The van der Waals surface area contributed by atoms with Crippen LogP contribution >= 0.6 is 0 Å². The number of carbonyl (C=O) groups is 3. The first-order valence-corrected chi connectivity index (χ1v) is 17.7. The van der Waals surface area contributed by atoms with Gasteiger partial charge < -0.3 is 15.5 Å². The van der Waals surface area contributed by atoms with E-state index in [1.807, 2.05) is 12.1 Å². The molecular formula is C40H55NO5. The summed E-state index contributed by atoms with van der Waals surface area (Å²) in [5.41, 5.74) is 4.26. The van der Waals surface area contributed by atoms with Crippen LogP contribution in [0.15, 0.2) is 42.5 Å². The Morgan fingerprint density at radius 1 is 0.848 bits per heavy atom. The number of rotatable bonds is 7. The highest BCUT2D eigenvalue weighted by Gasteiger charge is 2.71. The fraction of sp³-hybridized carbons (Fsp3) is 0.675. The summed E-state index contributed by atoms with van der Waals surface area (Å²) in [7, 11) is 0. The zero-order valence-corrected chi connectivity index (χ0v) is 28.9. The van der Waals surface area contributed by atoms with E-state index in [0.29, 0.717) is 29.4 Å². The van der Waals surface area contributed by atoms with E-state index in [1.54, 1.807) is 0 Å². The van der Waals surface area contributed by atoms with Gasteiger partial charge in [0, 0.05) is 12.1 Å². The molecule has 4 fully saturated rings. The zero-order chi connectivity index (χ0) is 33.4. The first-order chi connectivity index (χ1) is 21.5. The number of carbonyl (C=O) groups excluding carboxylic acids is 1. The average molecular weight is 630 g/mol. The van der Waals surface area contributed by atoms with Gasteiger partial charge in [-0.25, -0.2) is 0 Å². The van der Waals surface area contributed by atoms with Crippen LogP contribution in [0, 0.1) is 56.7 Å². The molecule has 4 unspecified atom stereocenters. The molecule has 1 amide bonds. The Morgan fingerprint density at radius 2 is 1.54 bits per heavy atom. The molecule has 6 rings (SSSR count). The first-order valence-electron chi connectivity index (χ1n) is 17.7. The third-order valence-electron chi connectivity index (χ3n) is 15.1. The minimum Gasteiger partial charge on any atom is -0.481 e. The van der Waals surface area contributed by atoms with Gasteiger partial charge in [-0.15, -0.1) is 0 Å². The molecule has 9 atom stereocenters. The lowest BCUT2D eigenvalue weighted by atomic mass is 9.32. The molecule has 0 radical (unpaired) electrons. The number of carboxylic acid groups (broad SMARTS) is 2. The SMILES string of the molecule is C=C(C)[C@@H]1CC[C@]2(C(=O)O)CC[C@]3(C)C(CCC4[C@@]5(C)CC=C(c6ccc(NC(=O)CCC(=O)O)cc6)C(C)(C)C5CC[C@]43C)C12. The van der Waals surface area contributed by atoms with Crippen LogP contribution in [0.3, 0.4) is 0 Å². The number of fused-ring (bicyclic) bond motifs is 7. The van der Waals surface area contributed by atoms with E-state index in [4.69, 9.17) is 5.11 Å². The predicted molar refractivity (Wildman–Crippen MR) is 182 cm³/mol. The lowest BCUT2D eigenvalue weighted by Crippen LogP contribution is -2.65. The third kappa shape index (κ3) is 4.66. The molecule has 0 aliphatic heterocycles. The van der Waals surface area contributed by atoms with Gasteiger partial charge in [-0.2, -0.15) is 0 Å². The summed E-state index contributed by atoms with van der Waals surface area (Å²) in [5, 5.41) is 22.4. The summed E-state index contributed by atoms with van der Waals surface area (Å²) < 4.78 is 0. The van der Waals surface area contributed by atoms with Crippen LogP contribution in [-0.2, 0) is 14.4 Å². The van der Waals surface area contributed by atoms with Gasteiger partial charge in [-0.1, -0.05) is 65.0 Å². The van der Waals surface area contributed by atoms with Crippen molar-refractivity contribution in [3.8, 4) is 0 Å². The molecule has 5 aliphatic carbocycles. The van der Waals surface area contributed by atoms with Crippen LogP contribution < -0.4 is 5.32 Å². The largest absolute Gasteiger partial charge is 0.481 e. The van der Waals surface area contributed by atoms with Gasteiger partial charge in [-0.05, 0) is 139 Å². The molecule has 4 saturated carbocycles. The van der Waals surface area contributed by atoms with Crippen molar-refractivity contribution in [2.75, 3.05) is 5.32 Å². The molecule has 1 aromatic rings. The van der Waals surface area contributed by atoms with E-state index in [1.165, 1.54) is 36.0 Å². The highest BCUT2D eigenvalue weighted by molar-refractivity contribution is 5.92. The molecule has 0 bridgehead atoms. The highest BCUT2D eigenvalue weighted by atomic mass is 16.4. The van der Waals surface area contributed by atoms with Crippen molar-refractivity contribution in [3.63, 3.8) is 0 Å². The smallest absolute Gasteiger partial charge is 0.309 e. The Morgan fingerprint density at radius 3 is 2.17 bits per heavy atom. The van der Waals surface area contributed by atoms with Crippen LogP contribution in [0.4, 0.5) is 5.69 Å². The molecule has 0 aromatic heterocycles. The summed E-state index contributed by atoms with van der Waals surface area (Å²) in [5.74, 6) is 0.234. The van der Waals surface area contributed by atoms with Crippen LogP contribution in [0.1, 0.15) is 118 Å². The maximum Gasteiger partial charge on any atom is 0.309 e. The molecular weight excluding hydrogens is 574 g/mol. The Kier molecular flexibility index (Phi) is 7.96. The van der Waals surface area contributed by atoms with E-state index >= 15 is 0 Å². The van der Waals surface area contributed by atoms with Crippen molar-refractivity contribution in [3.05, 3.63) is 48.1 Å². The molecule has 0 saturated heterocycles. The summed E-state index contributed by atoms with van der Waals surface area (Å²) in [6.45, 7) is 19.1. The highest BCUT2D eigenvalue weighted by Crippen LogP contribution is 2.77. The summed E-state index contributed by atoms with van der Waals surface area (Å²) in [6, 6.07) is 8.05. The molecule has 6 heteroatoms. The first kappa shape index (κ1) is 33.0. The summed E-state index contributed by atoms with van der Waals surface area (Å²) in [4.78, 5) is 36.0. The standard InChI is InChI=1S/C40H55NO5/c1-24(2)27-16-21-40(35(45)46)23-22-38(6)29(34(27)40)12-13-31-37(5)19-17-28(36(3,4)30(37)18-20-39(31,38)7)25-8-10-26(11-9-25)41-32(42)14-15-33(43)44/h8-11,17,27,29-31,34H,1,12-16,18-23H2,2-7H3,(H,41,42)(H,43,44)(H,45,46)/t27-,29?,30?,31?,34?,37-,38+,39+,40-/m0/s1. The number of allylic oxidation sites excluding steroid dienone is 3. The maximum atomic E-state index is 13.0. The van der Waals surface area contributed by atoms with E-state index < -0.39 is 17.4 Å². The second-order valence-corrected chi connectivity index (χ2v) is 17.2. The van der Waals surface area contributed by atoms with Crippen molar-refractivity contribution in [2.45, 2.75) is 112 Å². The summed E-state index contributed by atoms with van der Waals surface area (Å²) in [6.07, 6.45) is 11.6. The molecule has 0 heterocycles. The quantitative estimate of drug-likeness (QED) is 0.261. The van der Waals surface area contributed by atoms with E-state index in [2.05, 4.69) is 71.6 Å². The summed E-state index contributed by atoms with van der Waals surface area (Å²) >= 11 is 0. The molecule has 46 heavy (non-hydrogen) atoms. The minimum absolute atomic E-state index is 0.0279. The van der Waals surface area contributed by atoms with Gasteiger partial charge in [0.2, 0.25) is 5.91 Å². The van der Waals surface area contributed by atoms with E-state index in [-0.39, 0.29) is 46.3 Å². The van der Waals surface area contributed by atoms with Crippen molar-refractivity contribution < 1.29 is 24.6 Å². The number of nitrogens with one attached hydrogen (secondary N) is 1. The van der Waals surface area contributed by atoms with Crippen LogP contribution in [0.5, 0.6) is 0 Å². The number of benzene rings is 1. The fourth-order valence-corrected chi connectivity index (χ4v) is 12.8. The second kappa shape index (κ2) is 11.1. The van der Waals surface area contributed by atoms with Gasteiger partial charge >= 0.3 is 11.9 Å². The molecule has 3 N–H and O–H groups in total. The third-order valence-corrected chi connectivity index (χ3v) is 15.1. The second-order valence-electron chi connectivity index (χ2n) is 17.2. The molecule has 0 spiro atoms. The number of aliphatic carboxylic acids is 2. The lowest BCUT2D eigenvalue weighted by molar-refractivity contribution is -0.227. The van der Waals surface area contributed by atoms with E-state index in [0.717, 1.165) is 38.5 Å². The predicted octanol–water partition coefficient (Wildman–Crippen LogP) is 9.23. The maximum absolute atomic E-state index is 13.0. The van der Waals surface area contributed by atoms with Crippen molar-refractivity contribution in [2.24, 2.45) is 56.7 Å². The lowest BCUT2D eigenvalue weighted by Gasteiger charge is -2.72. The van der Waals surface area contributed by atoms with Gasteiger partial charge in [0.1, 0.15) is 0 Å². The van der Waals surface area contributed by atoms with Crippen LogP contribution in [0.2, 0.25) is 0 Å². The molecule has 250 valence electrons. The number of carboxylic acids is 2. The number of hydrogen-bond donors (Lipinski definition) is 3. The van der Waals surface area contributed by atoms with Gasteiger partial charge in [0.25, 0.3) is 0 Å². The average Bonchev–Trinajstić information content (AvgIpc) is 3.38. The van der Waals surface area contributed by atoms with Gasteiger partial charge in [-0.3, -0.25) is 14.4 Å². The van der Waals surface area contributed by atoms with Crippen molar-refractivity contribution in [1.29, 1.82) is 0 Å². The Bertz CT molecular complexity index is 1470. The molecule has 6 nitrogen and oxygen atoms in total. The Hall–Kier alpha value is -2.89. The van der Waals surface area contributed by atoms with Crippen molar-refractivity contribution in [1.82, 2.24) is 0 Å². The zero-order valence-electron chi connectivity index (χ0n) is 28.9. The van der Waals surface area contributed by atoms with Crippen LogP contribution in [0.25, 0.3) is 5.57 Å². The van der Waals surface area contributed by atoms with Gasteiger partial charge in [0.05, 0.1) is 11.8 Å². The molecule has 5 aliphatic rings. The molecule has 1 aromatic carbocycles. The Balaban J connectivity index is 1.28. The number of hydrogen-bond acceptors (Lipinski definition) is 3. The topological polar surface area (TPSA) is 104 Å². The van der Waals surface area contributed by atoms with Crippen molar-refractivity contribution >= 4 is 29.1 Å². The minimum atomic E-state index is -0.974. The van der Waals surface area contributed by atoms with Gasteiger partial charge in [0.15, 0.2) is 0 Å². The normalized spacial score (nSPS) is 40.7. The van der Waals surface area contributed by atoms with Crippen LogP contribution in [-0.4, -0.2) is 28.1 Å². The van der Waals surface area contributed by atoms with E-state index in [9.17, 15) is 19.5 Å². The Labute approximate surface area is 275 Å².